The Morgan fingerprint density at radius 3 is 2.45 bits per heavy atom. The summed E-state index contributed by atoms with van der Waals surface area (Å²) in [6.45, 7) is 14.0. The zero-order valence-corrected chi connectivity index (χ0v) is 25.9. The Kier molecular flexibility index (Phi) is 9.20. The molecule has 0 saturated carbocycles. The molecule has 3 heterocycles. The SMILES string of the molecule is CCCCCCCCOc1cc(N(CC)CC)ccc1C1(c2c(C)n(CC)c3ccccc23)OC(=O)c2cccnc21. The van der Waals surface area contributed by atoms with E-state index in [1.165, 1.54) is 25.7 Å². The zero-order chi connectivity index (χ0) is 29.7. The van der Waals surface area contributed by atoms with Crippen LogP contribution in [0.2, 0.25) is 0 Å². The molecular formula is C36H45N3O3. The van der Waals surface area contributed by atoms with E-state index in [-0.39, 0.29) is 5.97 Å². The number of rotatable bonds is 14. The van der Waals surface area contributed by atoms with Crippen LogP contribution in [0, 0.1) is 6.92 Å². The van der Waals surface area contributed by atoms with Gasteiger partial charge in [0, 0.05) is 65.3 Å². The van der Waals surface area contributed by atoms with Crippen molar-refractivity contribution in [3.8, 4) is 5.75 Å². The lowest BCUT2D eigenvalue weighted by atomic mass is 9.80. The molecule has 1 aliphatic heterocycles. The minimum absolute atomic E-state index is 0.361. The number of cyclic esters (lactones) is 1. The summed E-state index contributed by atoms with van der Waals surface area (Å²) in [5, 5.41) is 1.05. The van der Waals surface area contributed by atoms with E-state index in [1.54, 1.807) is 12.3 Å². The van der Waals surface area contributed by atoms with E-state index in [1.807, 2.05) is 6.07 Å². The van der Waals surface area contributed by atoms with Gasteiger partial charge in [-0.1, -0.05) is 57.2 Å². The minimum atomic E-state index is -1.24. The lowest BCUT2D eigenvalue weighted by molar-refractivity contribution is 0.0237. The lowest BCUT2D eigenvalue weighted by Gasteiger charge is -2.32. The van der Waals surface area contributed by atoms with E-state index in [0.29, 0.717) is 17.9 Å². The van der Waals surface area contributed by atoms with Crippen LogP contribution in [-0.2, 0) is 16.9 Å². The molecule has 6 nitrogen and oxygen atoms in total. The number of unbranched alkanes of at least 4 members (excludes halogenated alkanes) is 5. The Bertz CT molecular complexity index is 1540. The van der Waals surface area contributed by atoms with Crippen molar-refractivity contribution in [1.82, 2.24) is 9.55 Å². The molecule has 0 saturated heterocycles. The van der Waals surface area contributed by atoms with Gasteiger partial charge in [0.2, 0.25) is 5.60 Å². The lowest BCUT2D eigenvalue weighted by Crippen LogP contribution is -2.32. The third-order valence-corrected chi connectivity index (χ3v) is 8.73. The summed E-state index contributed by atoms with van der Waals surface area (Å²) in [7, 11) is 0. The van der Waals surface area contributed by atoms with Gasteiger partial charge in [0.1, 0.15) is 11.4 Å². The fourth-order valence-corrected chi connectivity index (χ4v) is 6.63. The largest absolute Gasteiger partial charge is 0.493 e. The second-order valence-corrected chi connectivity index (χ2v) is 11.2. The number of para-hydroxylation sites is 1. The number of anilines is 1. The molecule has 2 aromatic carbocycles. The summed E-state index contributed by atoms with van der Waals surface area (Å²) >= 11 is 0. The number of carbonyl (C=O) groups is 1. The monoisotopic (exact) mass is 567 g/mol. The number of esters is 1. The maximum atomic E-state index is 13.6. The molecule has 0 radical (unpaired) electrons. The number of nitrogens with zero attached hydrogens (tertiary/aromatic N) is 3. The molecule has 222 valence electrons. The van der Waals surface area contributed by atoms with E-state index in [0.717, 1.165) is 71.6 Å². The molecule has 0 fully saturated rings. The summed E-state index contributed by atoms with van der Waals surface area (Å²) in [5.41, 5.74) is 4.91. The Balaban J connectivity index is 1.71. The molecular weight excluding hydrogens is 522 g/mol. The van der Waals surface area contributed by atoms with Crippen LogP contribution in [-0.4, -0.2) is 35.2 Å². The van der Waals surface area contributed by atoms with Gasteiger partial charge in [-0.25, -0.2) is 4.79 Å². The second-order valence-electron chi connectivity index (χ2n) is 11.2. The molecule has 0 amide bonds. The second kappa shape index (κ2) is 13.0. The van der Waals surface area contributed by atoms with Gasteiger partial charge in [0.25, 0.3) is 0 Å². The first kappa shape index (κ1) is 29.7. The number of fused-ring (bicyclic) bond motifs is 2. The van der Waals surface area contributed by atoms with Crippen LogP contribution in [0.15, 0.2) is 60.8 Å². The van der Waals surface area contributed by atoms with Crippen LogP contribution in [0.3, 0.4) is 0 Å². The smallest absolute Gasteiger partial charge is 0.341 e. The van der Waals surface area contributed by atoms with Crippen molar-refractivity contribution < 1.29 is 14.3 Å². The number of pyridine rings is 1. The normalized spacial score (nSPS) is 16.1. The molecule has 5 rings (SSSR count). The van der Waals surface area contributed by atoms with Crippen LogP contribution in [0.5, 0.6) is 5.75 Å². The van der Waals surface area contributed by atoms with Gasteiger partial charge in [-0.2, -0.15) is 0 Å². The summed E-state index contributed by atoms with van der Waals surface area (Å²) < 4.78 is 15.6. The van der Waals surface area contributed by atoms with Gasteiger partial charge in [-0.15, -0.1) is 0 Å². The molecule has 0 spiro atoms. The molecule has 1 atom stereocenters. The average molecular weight is 568 g/mol. The summed E-state index contributed by atoms with van der Waals surface area (Å²) in [6.07, 6.45) is 8.88. The van der Waals surface area contributed by atoms with Gasteiger partial charge in [0.15, 0.2) is 0 Å². The fraction of sp³-hybridized carbons (Fsp3) is 0.444. The average Bonchev–Trinajstić information content (AvgIpc) is 3.47. The molecule has 2 aromatic heterocycles. The third-order valence-electron chi connectivity index (χ3n) is 8.73. The van der Waals surface area contributed by atoms with Crippen LogP contribution >= 0.6 is 0 Å². The van der Waals surface area contributed by atoms with Crippen LogP contribution < -0.4 is 9.64 Å². The number of ether oxygens (including phenoxy) is 2. The first-order chi connectivity index (χ1) is 20.5. The molecule has 0 aliphatic carbocycles. The Morgan fingerprint density at radius 1 is 0.929 bits per heavy atom. The zero-order valence-electron chi connectivity index (χ0n) is 25.9. The maximum Gasteiger partial charge on any atom is 0.341 e. The van der Waals surface area contributed by atoms with Gasteiger partial charge in [-0.3, -0.25) is 4.98 Å². The predicted molar refractivity (Wildman–Crippen MR) is 171 cm³/mol. The standard InChI is InChI=1S/C36H45N3O3/c1-6-10-11-12-13-16-24-41-32-25-27(38(7-2)8-3)21-22-30(32)36(34-29(35(40)42-36)19-17-23-37-34)33-26(5)39(9-4)31-20-15-14-18-28(31)33/h14-15,17-23,25H,6-13,16,24H2,1-5H3. The van der Waals surface area contributed by atoms with Crippen LogP contribution in [0.4, 0.5) is 5.69 Å². The number of benzene rings is 2. The highest BCUT2D eigenvalue weighted by molar-refractivity contribution is 5.98. The van der Waals surface area contributed by atoms with Crippen molar-refractivity contribution in [2.24, 2.45) is 0 Å². The number of hydrogen-bond acceptors (Lipinski definition) is 5. The number of hydrogen-bond donors (Lipinski definition) is 0. The van der Waals surface area contributed by atoms with E-state index in [4.69, 9.17) is 14.5 Å². The highest BCUT2D eigenvalue weighted by Gasteiger charge is 2.54. The van der Waals surface area contributed by atoms with Crippen molar-refractivity contribution in [2.75, 3.05) is 24.6 Å². The Morgan fingerprint density at radius 2 is 1.69 bits per heavy atom. The van der Waals surface area contributed by atoms with E-state index < -0.39 is 5.60 Å². The molecule has 42 heavy (non-hydrogen) atoms. The van der Waals surface area contributed by atoms with Crippen LogP contribution in [0.25, 0.3) is 10.9 Å². The molecule has 0 bridgehead atoms. The number of aryl methyl sites for hydroxylation is 1. The summed E-state index contributed by atoms with van der Waals surface area (Å²) in [6, 6.07) is 18.4. The van der Waals surface area contributed by atoms with E-state index in [2.05, 4.69) is 86.6 Å². The molecule has 6 heteroatoms. The third kappa shape index (κ3) is 5.16. The molecule has 0 N–H and O–H groups in total. The van der Waals surface area contributed by atoms with Crippen molar-refractivity contribution in [3.05, 3.63) is 88.9 Å². The fourth-order valence-electron chi connectivity index (χ4n) is 6.63. The topological polar surface area (TPSA) is 56.6 Å². The van der Waals surface area contributed by atoms with Crippen molar-refractivity contribution in [3.63, 3.8) is 0 Å². The highest BCUT2D eigenvalue weighted by Crippen LogP contribution is 2.52. The Hall–Kier alpha value is -3.80. The van der Waals surface area contributed by atoms with Crippen LogP contribution in [0.1, 0.15) is 99.1 Å². The van der Waals surface area contributed by atoms with Crippen molar-refractivity contribution in [2.45, 2.75) is 85.3 Å². The van der Waals surface area contributed by atoms with E-state index >= 15 is 0 Å². The quantitative estimate of drug-likeness (QED) is 0.113. The molecule has 1 aliphatic rings. The maximum absolute atomic E-state index is 13.6. The van der Waals surface area contributed by atoms with Gasteiger partial charge >= 0.3 is 5.97 Å². The molecule has 4 aromatic rings. The number of carbonyl (C=O) groups excluding carboxylic acids is 1. The van der Waals surface area contributed by atoms with Gasteiger partial charge < -0.3 is 18.9 Å². The number of aromatic nitrogens is 2. The molecule has 1 unspecified atom stereocenters. The van der Waals surface area contributed by atoms with Gasteiger partial charge in [-0.05, 0) is 64.4 Å². The van der Waals surface area contributed by atoms with Crippen molar-refractivity contribution in [1.29, 1.82) is 0 Å². The Labute approximate surface area is 250 Å². The summed E-state index contributed by atoms with van der Waals surface area (Å²) in [5.74, 6) is 0.382. The highest BCUT2D eigenvalue weighted by atomic mass is 16.6. The predicted octanol–water partition coefficient (Wildman–Crippen LogP) is 8.41. The minimum Gasteiger partial charge on any atom is -0.493 e. The first-order valence-corrected chi connectivity index (χ1v) is 15.8. The summed E-state index contributed by atoms with van der Waals surface area (Å²) in [4.78, 5) is 20.8. The van der Waals surface area contributed by atoms with Crippen molar-refractivity contribution >= 4 is 22.6 Å². The first-order valence-electron chi connectivity index (χ1n) is 15.8. The van der Waals surface area contributed by atoms with Gasteiger partial charge in [0.05, 0.1) is 12.2 Å². The van der Waals surface area contributed by atoms with E-state index in [9.17, 15) is 4.79 Å².